The molecule has 1 heterocycles. The van der Waals surface area contributed by atoms with E-state index in [1.807, 2.05) is 30.3 Å². The van der Waals surface area contributed by atoms with Gasteiger partial charge in [0.1, 0.15) is 0 Å². The van der Waals surface area contributed by atoms with Gasteiger partial charge in [0.05, 0.1) is 23.6 Å². The van der Waals surface area contributed by atoms with Crippen molar-refractivity contribution in [3.63, 3.8) is 0 Å². The van der Waals surface area contributed by atoms with Gasteiger partial charge in [0.25, 0.3) is 17.7 Å². The Morgan fingerprint density at radius 2 is 1.72 bits per heavy atom. The Kier molecular flexibility index (Phi) is 4.88. The van der Waals surface area contributed by atoms with Crippen molar-refractivity contribution in [3.05, 3.63) is 70.8 Å². The van der Waals surface area contributed by atoms with Crippen LogP contribution in [-0.4, -0.2) is 39.7 Å². The molecule has 29 heavy (non-hydrogen) atoms. The van der Waals surface area contributed by atoms with Crippen LogP contribution in [0.5, 0.6) is 0 Å². The molecule has 0 saturated heterocycles. The molecule has 1 saturated carbocycles. The Bertz CT molecular complexity index is 1000. The van der Waals surface area contributed by atoms with Crippen molar-refractivity contribution >= 4 is 23.7 Å². The van der Waals surface area contributed by atoms with E-state index in [9.17, 15) is 19.2 Å². The quantitative estimate of drug-likeness (QED) is 0.761. The van der Waals surface area contributed by atoms with Crippen molar-refractivity contribution in [2.45, 2.75) is 31.8 Å². The van der Waals surface area contributed by atoms with E-state index in [1.165, 1.54) is 23.1 Å². The number of carboxylic acids is 1. The summed E-state index contributed by atoms with van der Waals surface area (Å²) in [6.45, 7) is 0.174. The molecular weight excluding hydrogens is 372 g/mol. The summed E-state index contributed by atoms with van der Waals surface area (Å²) in [7, 11) is 0. The average Bonchev–Trinajstić information content (AvgIpc) is 3.28. The van der Waals surface area contributed by atoms with E-state index in [1.54, 1.807) is 0 Å². The molecule has 2 N–H and O–H groups in total. The van der Waals surface area contributed by atoms with Crippen molar-refractivity contribution < 1.29 is 24.3 Å². The zero-order valence-corrected chi connectivity index (χ0v) is 15.6. The van der Waals surface area contributed by atoms with Crippen molar-refractivity contribution in [2.75, 3.05) is 0 Å². The predicted octanol–water partition coefficient (Wildman–Crippen LogP) is 2.47. The third-order valence-electron chi connectivity index (χ3n) is 5.53. The molecule has 7 heteroatoms. The number of carbonyl (C=O) groups is 4. The molecule has 1 aliphatic carbocycles. The summed E-state index contributed by atoms with van der Waals surface area (Å²) in [6.07, 6.45) is 1.54. The van der Waals surface area contributed by atoms with Crippen LogP contribution in [0, 0.1) is 5.92 Å². The fourth-order valence-corrected chi connectivity index (χ4v) is 3.95. The maximum absolute atomic E-state index is 12.8. The molecule has 2 aliphatic rings. The topological polar surface area (TPSA) is 104 Å². The van der Waals surface area contributed by atoms with Gasteiger partial charge in [-0.2, -0.15) is 0 Å². The van der Waals surface area contributed by atoms with Gasteiger partial charge in [0.2, 0.25) is 0 Å². The Labute approximate surface area is 167 Å². The van der Waals surface area contributed by atoms with E-state index in [0.717, 1.165) is 5.56 Å². The highest BCUT2D eigenvalue weighted by Gasteiger charge is 2.36. The lowest BCUT2D eigenvalue weighted by molar-refractivity contribution is -0.141. The Hall–Kier alpha value is -3.48. The van der Waals surface area contributed by atoms with Crippen LogP contribution in [0.2, 0.25) is 0 Å². The molecule has 7 nitrogen and oxygen atoms in total. The summed E-state index contributed by atoms with van der Waals surface area (Å²) in [6, 6.07) is 13.5. The summed E-state index contributed by atoms with van der Waals surface area (Å²) in [5.74, 6) is -2.45. The summed E-state index contributed by atoms with van der Waals surface area (Å²) >= 11 is 0. The van der Waals surface area contributed by atoms with E-state index in [2.05, 4.69) is 5.32 Å². The van der Waals surface area contributed by atoms with E-state index in [0.29, 0.717) is 19.3 Å². The number of benzene rings is 2. The van der Waals surface area contributed by atoms with E-state index >= 15 is 0 Å². The molecule has 0 bridgehead atoms. The van der Waals surface area contributed by atoms with Crippen LogP contribution in [0.25, 0.3) is 0 Å². The van der Waals surface area contributed by atoms with Gasteiger partial charge in [0, 0.05) is 11.6 Å². The lowest BCUT2D eigenvalue weighted by Crippen LogP contribution is -2.33. The maximum Gasteiger partial charge on any atom is 0.306 e. The molecule has 0 unspecified atom stereocenters. The number of rotatable bonds is 5. The smallest absolute Gasteiger partial charge is 0.306 e. The van der Waals surface area contributed by atoms with Gasteiger partial charge in [-0.15, -0.1) is 0 Å². The normalized spacial score (nSPS) is 20.6. The largest absolute Gasteiger partial charge is 0.481 e. The summed E-state index contributed by atoms with van der Waals surface area (Å²) in [5, 5.41) is 11.9. The number of nitrogens with zero attached hydrogens (tertiary/aromatic N) is 1. The first kappa shape index (κ1) is 18.9. The zero-order chi connectivity index (χ0) is 20.5. The molecule has 2 aromatic rings. The van der Waals surface area contributed by atoms with Crippen LogP contribution in [0.4, 0.5) is 0 Å². The number of amides is 3. The van der Waals surface area contributed by atoms with Crippen LogP contribution >= 0.6 is 0 Å². The van der Waals surface area contributed by atoms with Crippen molar-refractivity contribution in [1.29, 1.82) is 0 Å². The first-order chi connectivity index (χ1) is 13.9. The molecule has 0 aromatic heterocycles. The number of hydrogen-bond acceptors (Lipinski definition) is 4. The molecule has 1 aliphatic heterocycles. The summed E-state index contributed by atoms with van der Waals surface area (Å²) in [4.78, 5) is 50.2. The second kappa shape index (κ2) is 7.50. The molecular formula is C22H20N2O5. The zero-order valence-electron chi connectivity index (χ0n) is 15.6. The first-order valence-corrected chi connectivity index (χ1v) is 9.52. The number of carbonyl (C=O) groups excluding carboxylic acids is 3. The predicted molar refractivity (Wildman–Crippen MR) is 103 cm³/mol. The second-order valence-corrected chi connectivity index (χ2v) is 7.46. The lowest BCUT2D eigenvalue weighted by Gasteiger charge is -2.13. The van der Waals surface area contributed by atoms with E-state index in [4.69, 9.17) is 5.11 Å². The number of imide groups is 1. The number of nitrogens with one attached hydrogen (secondary N) is 1. The Morgan fingerprint density at radius 3 is 2.41 bits per heavy atom. The van der Waals surface area contributed by atoms with Crippen LogP contribution in [0.1, 0.15) is 55.9 Å². The first-order valence-electron chi connectivity index (χ1n) is 9.52. The van der Waals surface area contributed by atoms with Gasteiger partial charge >= 0.3 is 5.97 Å². The highest BCUT2D eigenvalue weighted by atomic mass is 16.4. The molecule has 3 amide bonds. The van der Waals surface area contributed by atoms with Gasteiger partial charge in [-0.25, -0.2) is 0 Å². The second-order valence-electron chi connectivity index (χ2n) is 7.46. The molecule has 4 rings (SSSR count). The highest BCUT2D eigenvalue weighted by Crippen LogP contribution is 2.28. The standard InChI is InChI=1S/C22H20N2O5/c25-19(23-16-8-6-15(10-16)22(28)29)14-7-9-17-18(11-14)21(27)24(20(17)26)12-13-4-2-1-3-5-13/h1-5,7,9,11,15-16H,6,8,10,12H2,(H,23,25)(H,28,29)/t15-,16+/m1/s1. The fourth-order valence-electron chi connectivity index (χ4n) is 3.95. The highest BCUT2D eigenvalue weighted by molar-refractivity contribution is 6.22. The third kappa shape index (κ3) is 3.63. The van der Waals surface area contributed by atoms with Crippen molar-refractivity contribution in [1.82, 2.24) is 10.2 Å². The van der Waals surface area contributed by atoms with Gasteiger partial charge < -0.3 is 10.4 Å². The molecule has 0 spiro atoms. The number of carboxylic acid groups (broad SMARTS) is 1. The molecule has 2 aromatic carbocycles. The maximum atomic E-state index is 12.8. The average molecular weight is 392 g/mol. The number of hydrogen-bond donors (Lipinski definition) is 2. The van der Waals surface area contributed by atoms with Gasteiger partial charge in [-0.1, -0.05) is 30.3 Å². The minimum atomic E-state index is -0.845. The summed E-state index contributed by atoms with van der Waals surface area (Å²) < 4.78 is 0. The van der Waals surface area contributed by atoms with Gasteiger partial charge in [-0.3, -0.25) is 24.1 Å². The van der Waals surface area contributed by atoms with Crippen LogP contribution < -0.4 is 5.32 Å². The summed E-state index contributed by atoms with van der Waals surface area (Å²) in [5.41, 5.74) is 1.63. The number of aliphatic carboxylic acids is 1. The molecule has 148 valence electrons. The van der Waals surface area contributed by atoms with Crippen LogP contribution in [0.3, 0.4) is 0 Å². The minimum Gasteiger partial charge on any atom is -0.481 e. The molecule has 2 atom stereocenters. The third-order valence-corrected chi connectivity index (χ3v) is 5.53. The van der Waals surface area contributed by atoms with Crippen LogP contribution in [-0.2, 0) is 11.3 Å². The Balaban J connectivity index is 1.48. The van der Waals surface area contributed by atoms with E-state index < -0.39 is 17.8 Å². The SMILES string of the molecule is O=C(N[C@H]1CC[C@@H](C(=O)O)C1)c1ccc2c(c1)C(=O)N(Cc1ccccc1)C2=O. The number of fused-ring (bicyclic) bond motifs is 1. The van der Waals surface area contributed by atoms with Crippen molar-refractivity contribution in [3.8, 4) is 0 Å². The minimum absolute atomic E-state index is 0.174. The van der Waals surface area contributed by atoms with Crippen molar-refractivity contribution in [2.24, 2.45) is 5.92 Å². The van der Waals surface area contributed by atoms with Crippen LogP contribution in [0.15, 0.2) is 48.5 Å². The molecule has 0 radical (unpaired) electrons. The van der Waals surface area contributed by atoms with Gasteiger partial charge in [-0.05, 0) is 43.0 Å². The lowest BCUT2D eigenvalue weighted by atomic mass is 10.0. The van der Waals surface area contributed by atoms with E-state index in [-0.39, 0.29) is 41.1 Å². The monoisotopic (exact) mass is 392 g/mol. The molecule has 1 fully saturated rings. The van der Waals surface area contributed by atoms with Gasteiger partial charge in [0.15, 0.2) is 0 Å². The Morgan fingerprint density at radius 1 is 1.00 bits per heavy atom. The fraction of sp³-hybridized carbons (Fsp3) is 0.273.